The molecule has 132 valence electrons. The molecular weight excluding hydrogens is 336 g/mol. The molecule has 2 aromatic rings. The average Bonchev–Trinajstić information content (AvgIpc) is 2.65. The minimum atomic E-state index is -0.158. The number of benzene rings is 2. The van der Waals surface area contributed by atoms with Gasteiger partial charge in [0.15, 0.2) is 0 Å². The van der Waals surface area contributed by atoms with E-state index in [-0.39, 0.29) is 11.9 Å². The third-order valence-corrected chi connectivity index (χ3v) is 5.01. The van der Waals surface area contributed by atoms with Crippen LogP contribution in [0.2, 0.25) is 5.02 Å². The van der Waals surface area contributed by atoms with E-state index in [1.807, 2.05) is 0 Å². The van der Waals surface area contributed by atoms with Crippen LogP contribution in [0.3, 0.4) is 0 Å². The monoisotopic (exact) mass is 358 g/mol. The Hall–Kier alpha value is -2.04. The first-order valence-electron chi connectivity index (χ1n) is 8.55. The molecule has 0 saturated heterocycles. The summed E-state index contributed by atoms with van der Waals surface area (Å²) in [6.45, 7) is 4.63. The van der Waals surface area contributed by atoms with Gasteiger partial charge in [0.05, 0.1) is 12.7 Å². The lowest BCUT2D eigenvalue weighted by atomic mass is 9.94. The van der Waals surface area contributed by atoms with E-state index in [1.54, 1.807) is 25.3 Å². The van der Waals surface area contributed by atoms with Crippen LogP contribution in [0.5, 0.6) is 5.75 Å². The zero-order chi connectivity index (χ0) is 17.8. The van der Waals surface area contributed by atoms with Crippen molar-refractivity contribution in [3.8, 4) is 5.75 Å². The first-order valence-corrected chi connectivity index (χ1v) is 8.92. The van der Waals surface area contributed by atoms with Crippen molar-refractivity contribution in [2.45, 2.75) is 25.9 Å². The summed E-state index contributed by atoms with van der Waals surface area (Å²) in [6.07, 6.45) is 0.941. The molecule has 1 N–H and O–H groups in total. The van der Waals surface area contributed by atoms with E-state index >= 15 is 0 Å². The zero-order valence-electron chi connectivity index (χ0n) is 14.6. The normalized spacial score (nSPS) is 17.0. The highest BCUT2D eigenvalue weighted by molar-refractivity contribution is 6.31. The van der Waals surface area contributed by atoms with Crippen LogP contribution in [0.4, 0.5) is 0 Å². The van der Waals surface area contributed by atoms with Gasteiger partial charge in [0, 0.05) is 24.2 Å². The van der Waals surface area contributed by atoms with Gasteiger partial charge < -0.3 is 10.1 Å². The van der Waals surface area contributed by atoms with Crippen molar-refractivity contribution in [1.29, 1.82) is 0 Å². The van der Waals surface area contributed by atoms with Crippen LogP contribution >= 0.6 is 11.6 Å². The molecule has 0 radical (unpaired) electrons. The molecular formula is C20H23ClN2O2. The molecule has 0 unspecified atom stereocenters. The van der Waals surface area contributed by atoms with Gasteiger partial charge in [-0.25, -0.2) is 0 Å². The summed E-state index contributed by atoms with van der Waals surface area (Å²) in [5.74, 6) is 0.373. The van der Waals surface area contributed by atoms with E-state index in [1.165, 1.54) is 11.1 Å². The number of methoxy groups -OCH3 is 1. The van der Waals surface area contributed by atoms with Crippen LogP contribution in [0.15, 0.2) is 42.5 Å². The summed E-state index contributed by atoms with van der Waals surface area (Å²) in [5, 5.41) is 3.57. The number of rotatable bonds is 5. The molecule has 0 bridgehead atoms. The standard InChI is InChI=1S/C20H23ClN2O2/c1-3-23-13-15-7-5-4-6-14(15)10-17(23)12-22-20(24)18-11-16(21)8-9-19(18)25-2/h4-9,11,17H,3,10,12-13H2,1-2H3,(H,22,24)/t17-/m0/s1. The minimum absolute atomic E-state index is 0.158. The Balaban J connectivity index is 1.70. The number of likely N-dealkylation sites (N-methyl/N-ethyl adjacent to an activating group) is 1. The fourth-order valence-corrected chi connectivity index (χ4v) is 3.55. The highest BCUT2D eigenvalue weighted by Gasteiger charge is 2.25. The van der Waals surface area contributed by atoms with E-state index in [9.17, 15) is 4.79 Å². The van der Waals surface area contributed by atoms with Crippen molar-refractivity contribution in [1.82, 2.24) is 10.2 Å². The van der Waals surface area contributed by atoms with E-state index in [0.717, 1.165) is 19.5 Å². The fourth-order valence-electron chi connectivity index (χ4n) is 3.38. The van der Waals surface area contributed by atoms with Crippen LogP contribution in [-0.4, -0.2) is 37.0 Å². The van der Waals surface area contributed by atoms with E-state index in [2.05, 4.69) is 41.4 Å². The Morgan fingerprint density at radius 2 is 2.04 bits per heavy atom. The molecule has 0 aromatic heterocycles. The van der Waals surface area contributed by atoms with Crippen LogP contribution < -0.4 is 10.1 Å². The first kappa shape index (κ1) is 17.8. The number of hydrogen-bond acceptors (Lipinski definition) is 3. The van der Waals surface area contributed by atoms with Gasteiger partial charge in [-0.15, -0.1) is 0 Å². The number of fused-ring (bicyclic) bond motifs is 1. The lowest BCUT2D eigenvalue weighted by Crippen LogP contribution is -2.47. The summed E-state index contributed by atoms with van der Waals surface area (Å²) >= 11 is 6.02. The quantitative estimate of drug-likeness (QED) is 0.889. The minimum Gasteiger partial charge on any atom is -0.496 e. The van der Waals surface area contributed by atoms with Gasteiger partial charge in [0.2, 0.25) is 0 Å². The average molecular weight is 359 g/mol. The van der Waals surface area contributed by atoms with Gasteiger partial charge in [-0.2, -0.15) is 0 Å². The third kappa shape index (κ3) is 3.97. The van der Waals surface area contributed by atoms with Gasteiger partial charge in [-0.3, -0.25) is 9.69 Å². The number of nitrogens with one attached hydrogen (secondary N) is 1. The number of carbonyl (C=O) groups excluding carboxylic acids is 1. The molecule has 3 rings (SSSR count). The van der Waals surface area contributed by atoms with Gasteiger partial charge in [-0.1, -0.05) is 42.8 Å². The predicted octanol–water partition coefficient (Wildman–Crippen LogP) is 3.53. The van der Waals surface area contributed by atoms with Crippen molar-refractivity contribution in [2.24, 2.45) is 0 Å². The Kier molecular flexibility index (Phi) is 5.61. The lowest BCUT2D eigenvalue weighted by molar-refractivity contribution is 0.0924. The van der Waals surface area contributed by atoms with Gasteiger partial charge in [0.25, 0.3) is 5.91 Å². The second kappa shape index (κ2) is 7.89. The van der Waals surface area contributed by atoms with Crippen LogP contribution in [0.1, 0.15) is 28.4 Å². The Morgan fingerprint density at radius 3 is 2.76 bits per heavy atom. The smallest absolute Gasteiger partial charge is 0.255 e. The number of carbonyl (C=O) groups is 1. The lowest BCUT2D eigenvalue weighted by Gasteiger charge is -2.36. The molecule has 0 aliphatic carbocycles. The molecule has 4 nitrogen and oxygen atoms in total. The maximum Gasteiger partial charge on any atom is 0.255 e. The van der Waals surface area contributed by atoms with E-state index < -0.39 is 0 Å². The zero-order valence-corrected chi connectivity index (χ0v) is 15.3. The second-order valence-corrected chi connectivity index (χ2v) is 6.68. The van der Waals surface area contributed by atoms with Crippen LogP contribution in [0.25, 0.3) is 0 Å². The maximum absolute atomic E-state index is 12.6. The molecule has 5 heteroatoms. The van der Waals surface area contributed by atoms with Crippen LogP contribution in [0, 0.1) is 0 Å². The van der Waals surface area contributed by atoms with E-state index in [4.69, 9.17) is 16.3 Å². The first-order chi connectivity index (χ1) is 12.1. The van der Waals surface area contributed by atoms with Crippen molar-refractivity contribution in [3.63, 3.8) is 0 Å². The summed E-state index contributed by atoms with van der Waals surface area (Å²) in [5.41, 5.74) is 3.21. The number of nitrogens with zero attached hydrogens (tertiary/aromatic N) is 1. The predicted molar refractivity (Wildman–Crippen MR) is 100 cm³/mol. The maximum atomic E-state index is 12.6. The SMILES string of the molecule is CCN1Cc2ccccc2C[C@H]1CNC(=O)c1cc(Cl)ccc1OC. The summed E-state index contributed by atoms with van der Waals surface area (Å²) in [6, 6.07) is 13.9. The van der Waals surface area contributed by atoms with Gasteiger partial charge in [-0.05, 0) is 42.3 Å². The fraction of sp³-hybridized carbons (Fsp3) is 0.350. The topological polar surface area (TPSA) is 41.6 Å². The third-order valence-electron chi connectivity index (χ3n) is 4.77. The number of ether oxygens (including phenoxy) is 1. The molecule has 1 heterocycles. The highest BCUT2D eigenvalue weighted by atomic mass is 35.5. The molecule has 1 atom stereocenters. The Morgan fingerprint density at radius 1 is 1.28 bits per heavy atom. The van der Waals surface area contributed by atoms with Crippen molar-refractivity contribution < 1.29 is 9.53 Å². The number of hydrogen-bond donors (Lipinski definition) is 1. The summed E-state index contributed by atoms with van der Waals surface area (Å²) < 4.78 is 5.27. The van der Waals surface area contributed by atoms with Crippen molar-refractivity contribution in [2.75, 3.05) is 20.2 Å². The molecule has 0 fully saturated rings. The second-order valence-electron chi connectivity index (χ2n) is 6.24. The highest BCUT2D eigenvalue weighted by Crippen LogP contribution is 2.24. The molecule has 25 heavy (non-hydrogen) atoms. The molecule has 0 spiro atoms. The summed E-state index contributed by atoms with van der Waals surface area (Å²) in [7, 11) is 1.55. The van der Waals surface area contributed by atoms with Crippen LogP contribution in [-0.2, 0) is 13.0 Å². The number of halogens is 1. The molecule has 1 aliphatic rings. The molecule has 0 saturated carbocycles. The van der Waals surface area contributed by atoms with Gasteiger partial charge in [0.1, 0.15) is 5.75 Å². The summed E-state index contributed by atoms with van der Waals surface area (Å²) in [4.78, 5) is 15.0. The molecule has 2 aromatic carbocycles. The largest absolute Gasteiger partial charge is 0.496 e. The number of amides is 1. The van der Waals surface area contributed by atoms with Crippen molar-refractivity contribution in [3.05, 3.63) is 64.2 Å². The Bertz CT molecular complexity index is 763. The van der Waals surface area contributed by atoms with Gasteiger partial charge >= 0.3 is 0 Å². The Labute approximate surface area is 153 Å². The van der Waals surface area contributed by atoms with Crippen molar-refractivity contribution >= 4 is 17.5 Å². The molecule has 1 aliphatic heterocycles. The van der Waals surface area contributed by atoms with E-state index in [0.29, 0.717) is 22.9 Å². The molecule has 1 amide bonds.